The minimum Gasteiger partial charge on any atom is -0.339 e. The molecule has 0 unspecified atom stereocenters. The Hall–Kier alpha value is -2.13. The number of carbonyl (C=O) groups excluding carboxylic acids is 1. The highest BCUT2D eigenvalue weighted by Gasteiger charge is 2.24. The van der Waals surface area contributed by atoms with Crippen LogP contribution < -0.4 is 0 Å². The second kappa shape index (κ2) is 6.97. The Bertz CT molecular complexity index is 643. The van der Waals surface area contributed by atoms with Crippen molar-refractivity contribution in [2.45, 2.75) is 18.9 Å². The van der Waals surface area contributed by atoms with Gasteiger partial charge in [0.05, 0.1) is 0 Å². The van der Waals surface area contributed by atoms with Crippen LogP contribution in [0.3, 0.4) is 0 Å². The van der Waals surface area contributed by atoms with E-state index in [4.69, 9.17) is 0 Å². The van der Waals surface area contributed by atoms with E-state index in [9.17, 15) is 4.79 Å². The molecular formula is C20H24N2O. The molecule has 0 atom stereocenters. The van der Waals surface area contributed by atoms with Gasteiger partial charge in [-0.15, -0.1) is 0 Å². The molecule has 3 heteroatoms. The third kappa shape index (κ3) is 3.62. The lowest BCUT2D eigenvalue weighted by Gasteiger charge is -2.35. The van der Waals surface area contributed by atoms with Crippen LogP contribution in [0, 0.1) is 0 Å². The highest BCUT2D eigenvalue weighted by Crippen LogP contribution is 2.21. The van der Waals surface area contributed by atoms with Gasteiger partial charge in [-0.25, -0.2) is 0 Å². The van der Waals surface area contributed by atoms with Crippen molar-refractivity contribution in [2.75, 3.05) is 27.2 Å². The lowest BCUT2D eigenvalue weighted by Crippen LogP contribution is -2.44. The van der Waals surface area contributed by atoms with Gasteiger partial charge in [-0.2, -0.15) is 0 Å². The van der Waals surface area contributed by atoms with Gasteiger partial charge in [-0.1, -0.05) is 42.5 Å². The van der Waals surface area contributed by atoms with Gasteiger partial charge < -0.3 is 9.80 Å². The molecule has 1 aliphatic heterocycles. The van der Waals surface area contributed by atoms with Crippen molar-refractivity contribution in [1.82, 2.24) is 9.80 Å². The zero-order valence-electron chi connectivity index (χ0n) is 13.9. The highest BCUT2D eigenvalue weighted by molar-refractivity contribution is 5.94. The van der Waals surface area contributed by atoms with E-state index in [1.807, 2.05) is 54.4 Å². The standard InChI is InChI=1S/C20H24N2O/c1-21-14-12-19(13-15-21)22(2)20(23)18-10-8-17(9-11-18)16-6-4-3-5-7-16/h3-11,19H,12-15H2,1-2H3. The molecule has 0 N–H and O–H groups in total. The van der Waals surface area contributed by atoms with Crippen molar-refractivity contribution in [3.05, 3.63) is 60.2 Å². The van der Waals surface area contributed by atoms with Crippen LogP contribution in [-0.4, -0.2) is 48.9 Å². The van der Waals surface area contributed by atoms with E-state index < -0.39 is 0 Å². The van der Waals surface area contributed by atoms with Gasteiger partial charge in [0.2, 0.25) is 0 Å². The van der Waals surface area contributed by atoms with Crippen LogP contribution in [0.4, 0.5) is 0 Å². The zero-order valence-corrected chi connectivity index (χ0v) is 13.9. The number of hydrogen-bond acceptors (Lipinski definition) is 2. The Labute approximate surface area is 138 Å². The third-order valence-electron chi connectivity index (χ3n) is 4.80. The van der Waals surface area contributed by atoms with Crippen LogP contribution in [-0.2, 0) is 0 Å². The number of piperidine rings is 1. The molecule has 0 spiro atoms. The molecule has 1 aliphatic rings. The first-order valence-electron chi connectivity index (χ1n) is 8.26. The predicted molar refractivity (Wildman–Crippen MR) is 94.5 cm³/mol. The maximum absolute atomic E-state index is 12.7. The van der Waals surface area contributed by atoms with E-state index in [0.29, 0.717) is 6.04 Å². The Morgan fingerprint density at radius 2 is 1.52 bits per heavy atom. The summed E-state index contributed by atoms with van der Waals surface area (Å²) in [5.74, 6) is 0.124. The van der Waals surface area contributed by atoms with Crippen molar-refractivity contribution in [3.63, 3.8) is 0 Å². The molecule has 1 heterocycles. The lowest BCUT2D eigenvalue weighted by atomic mass is 10.0. The van der Waals surface area contributed by atoms with Crippen LogP contribution in [0.2, 0.25) is 0 Å². The second-order valence-corrected chi connectivity index (χ2v) is 6.39. The van der Waals surface area contributed by atoms with Crippen molar-refractivity contribution in [1.29, 1.82) is 0 Å². The minimum atomic E-state index is 0.124. The molecule has 3 nitrogen and oxygen atoms in total. The quantitative estimate of drug-likeness (QED) is 0.866. The average Bonchev–Trinajstić information content (AvgIpc) is 2.62. The zero-order chi connectivity index (χ0) is 16.2. The number of benzene rings is 2. The summed E-state index contributed by atoms with van der Waals surface area (Å²) >= 11 is 0. The van der Waals surface area contributed by atoms with E-state index in [1.54, 1.807) is 0 Å². The normalized spacial score (nSPS) is 16.3. The van der Waals surface area contributed by atoms with E-state index in [0.717, 1.165) is 37.1 Å². The molecule has 3 rings (SSSR count). The molecule has 0 saturated carbocycles. The number of likely N-dealkylation sites (tertiary alicyclic amines) is 1. The number of amides is 1. The summed E-state index contributed by atoms with van der Waals surface area (Å²) in [7, 11) is 4.07. The predicted octanol–water partition coefficient (Wildman–Crippen LogP) is 3.52. The molecule has 1 amide bonds. The molecule has 1 saturated heterocycles. The molecule has 1 fully saturated rings. The highest BCUT2D eigenvalue weighted by atomic mass is 16.2. The van der Waals surface area contributed by atoms with Gasteiger partial charge in [0, 0.05) is 18.7 Å². The van der Waals surface area contributed by atoms with Crippen molar-refractivity contribution in [3.8, 4) is 11.1 Å². The summed E-state index contributed by atoms with van der Waals surface area (Å²) < 4.78 is 0. The van der Waals surface area contributed by atoms with Gasteiger partial charge in [0.1, 0.15) is 0 Å². The van der Waals surface area contributed by atoms with Crippen LogP contribution >= 0.6 is 0 Å². The smallest absolute Gasteiger partial charge is 0.253 e. The van der Waals surface area contributed by atoms with Crippen LogP contribution in [0.15, 0.2) is 54.6 Å². The van der Waals surface area contributed by atoms with Crippen molar-refractivity contribution in [2.24, 2.45) is 0 Å². The first-order valence-corrected chi connectivity index (χ1v) is 8.26. The molecule has 2 aromatic carbocycles. The summed E-state index contributed by atoms with van der Waals surface area (Å²) in [5.41, 5.74) is 3.09. The number of hydrogen-bond donors (Lipinski definition) is 0. The summed E-state index contributed by atoms with van der Waals surface area (Å²) in [6, 6.07) is 18.5. The molecule has 2 aromatic rings. The van der Waals surface area contributed by atoms with Gasteiger partial charge in [0.15, 0.2) is 0 Å². The van der Waals surface area contributed by atoms with E-state index >= 15 is 0 Å². The van der Waals surface area contributed by atoms with E-state index in [1.165, 1.54) is 5.56 Å². The Morgan fingerprint density at radius 3 is 2.13 bits per heavy atom. The molecular weight excluding hydrogens is 284 g/mol. The SMILES string of the molecule is CN1CCC(N(C)C(=O)c2ccc(-c3ccccc3)cc2)CC1. The molecule has 23 heavy (non-hydrogen) atoms. The first kappa shape index (κ1) is 15.8. The van der Waals surface area contributed by atoms with E-state index in [-0.39, 0.29) is 5.91 Å². The molecule has 0 aromatic heterocycles. The van der Waals surface area contributed by atoms with Crippen LogP contribution in [0.1, 0.15) is 23.2 Å². The topological polar surface area (TPSA) is 23.6 Å². The fourth-order valence-corrected chi connectivity index (χ4v) is 3.19. The Morgan fingerprint density at radius 1 is 0.957 bits per heavy atom. The second-order valence-electron chi connectivity index (χ2n) is 6.39. The fraction of sp³-hybridized carbons (Fsp3) is 0.350. The first-order chi connectivity index (χ1) is 11.1. The number of rotatable bonds is 3. The number of carbonyl (C=O) groups is 1. The third-order valence-corrected chi connectivity index (χ3v) is 4.80. The van der Waals surface area contributed by atoms with Gasteiger partial charge in [-0.3, -0.25) is 4.79 Å². The Balaban J connectivity index is 1.70. The molecule has 120 valence electrons. The summed E-state index contributed by atoms with van der Waals surface area (Å²) in [6.07, 6.45) is 2.11. The summed E-state index contributed by atoms with van der Waals surface area (Å²) in [6.45, 7) is 2.13. The van der Waals surface area contributed by atoms with Gasteiger partial charge >= 0.3 is 0 Å². The van der Waals surface area contributed by atoms with Gasteiger partial charge in [-0.05, 0) is 56.2 Å². The maximum Gasteiger partial charge on any atom is 0.253 e. The van der Waals surface area contributed by atoms with Crippen molar-refractivity contribution >= 4 is 5.91 Å². The van der Waals surface area contributed by atoms with E-state index in [2.05, 4.69) is 24.1 Å². The molecule has 0 aliphatic carbocycles. The number of nitrogens with zero attached hydrogens (tertiary/aromatic N) is 2. The molecule has 0 bridgehead atoms. The summed E-state index contributed by atoms with van der Waals surface area (Å²) in [5, 5.41) is 0. The van der Waals surface area contributed by atoms with Gasteiger partial charge in [0.25, 0.3) is 5.91 Å². The van der Waals surface area contributed by atoms with Crippen LogP contribution in [0.5, 0.6) is 0 Å². The molecule has 0 radical (unpaired) electrons. The fourth-order valence-electron chi connectivity index (χ4n) is 3.19. The summed E-state index contributed by atoms with van der Waals surface area (Å²) in [4.78, 5) is 16.9. The lowest BCUT2D eigenvalue weighted by molar-refractivity contribution is 0.0659. The largest absolute Gasteiger partial charge is 0.339 e. The maximum atomic E-state index is 12.7. The van der Waals surface area contributed by atoms with Crippen molar-refractivity contribution < 1.29 is 4.79 Å². The minimum absolute atomic E-state index is 0.124. The monoisotopic (exact) mass is 308 g/mol. The van der Waals surface area contributed by atoms with Crippen LogP contribution in [0.25, 0.3) is 11.1 Å². The Kier molecular flexibility index (Phi) is 4.77. The average molecular weight is 308 g/mol.